The molecule has 1 aromatic rings. The van der Waals surface area contributed by atoms with Crippen LogP contribution in [0.3, 0.4) is 0 Å². The Hall–Kier alpha value is -0.820. The molecule has 0 heterocycles. The first kappa shape index (κ1) is 12.6. The second-order valence-electron chi connectivity index (χ2n) is 5.74. The standard InChI is InChI=1S/C16H25N/c1-12-9-13(2)11-14(10-12)7-8-16(17)15-5-3-4-6-15/h9-11,15-16H,3-8,17H2,1-2H3. The van der Waals surface area contributed by atoms with Crippen LogP contribution in [0.15, 0.2) is 18.2 Å². The van der Waals surface area contributed by atoms with Crippen molar-refractivity contribution in [3.63, 3.8) is 0 Å². The van der Waals surface area contributed by atoms with Gasteiger partial charge >= 0.3 is 0 Å². The van der Waals surface area contributed by atoms with Crippen LogP contribution in [-0.2, 0) is 6.42 Å². The normalized spacial score (nSPS) is 18.5. The molecule has 1 saturated carbocycles. The Kier molecular flexibility index (Phi) is 4.22. The van der Waals surface area contributed by atoms with Gasteiger partial charge in [-0.2, -0.15) is 0 Å². The molecule has 1 aromatic carbocycles. The Balaban J connectivity index is 1.88. The molecule has 1 fully saturated rings. The van der Waals surface area contributed by atoms with Gasteiger partial charge in [0.2, 0.25) is 0 Å². The Morgan fingerprint density at radius 2 is 1.71 bits per heavy atom. The molecule has 1 unspecified atom stereocenters. The van der Waals surface area contributed by atoms with Gasteiger partial charge < -0.3 is 5.73 Å². The highest BCUT2D eigenvalue weighted by Gasteiger charge is 2.21. The van der Waals surface area contributed by atoms with Gasteiger partial charge in [-0.1, -0.05) is 42.2 Å². The number of hydrogen-bond acceptors (Lipinski definition) is 1. The van der Waals surface area contributed by atoms with Crippen molar-refractivity contribution in [1.82, 2.24) is 0 Å². The maximum absolute atomic E-state index is 6.30. The highest BCUT2D eigenvalue weighted by atomic mass is 14.6. The van der Waals surface area contributed by atoms with Crippen molar-refractivity contribution >= 4 is 0 Å². The number of benzene rings is 1. The van der Waals surface area contributed by atoms with Crippen LogP contribution in [0, 0.1) is 19.8 Å². The summed E-state index contributed by atoms with van der Waals surface area (Å²) in [5.41, 5.74) is 10.5. The predicted octanol–water partition coefficient (Wildman–Crippen LogP) is 3.75. The highest BCUT2D eigenvalue weighted by Crippen LogP contribution is 2.28. The van der Waals surface area contributed by atoms with Crippen LogP contribution in [0.25, 0.3) is 0 Å². The van der Waals surface area contributed by atoms with Crippen LogP contribution < -0.4 is 5.73 Å². The third-order valence-electron chi connectivity index (χ3n) is 4.05. The molecule has 94 valence electrons. The van der Waals surface area contributed by atoms with Crippen LogP contribution in [0.2, 0.25) is 0 Å². The van der Waals surface area contributed by atoms with Crippen LogP contribution in [0.5, 0.6) is 0 Å². The van der Waals surface area contributed by atoms with E-state index in [4.69, 9.17) is 5.73 Å². The van der Waals surface area contributed by atoms with E-state index in [1.54, 1.807) is 0 Å². The minimum atomic E-state index is 0.415. The first-order chi connectivity index (χ1) is 8.15. The lowest BCUT2D eigenvalue weighted by atomic mass is 9.92. The lowest BCUT2D eigenvalue weighted by Crippen LogP contribution is -2.28. The molecule has 17 heavy (non-hydrogen) atoms. The zero-order valence-electron chi connectivity index (χ0n) is 11.2. The summed E-state index contributed by atoms with van der Waals surface area (Å²) in [6.07, 6.45) is 7.78. The summed E-state index contributed by atoms with van der Waals surface area (Å²) < 4.78 is 0. The Labute approximate surface area is 105 Å². The first-order valence-corrected chi connectivity index (χ1v) is 6.98. The average molecular weight is 231 g/mol. The summed E-state index contributed by atoms with van der Waals surface area (Å²) in [7, 11) is 0. The lowest BCUT2D eigenvalue weighted by Gasteiger charge is -2.18. The predicted molar refractivity (Wildman–Crippen MR) is 74.2 cm³/mol. The second kappa shape index (κ2) is 5.68. The fraction of sp³-hybridized carbons (Fsp3) is 0.625. The number of hydrogen-bond donors (Lipinski definition) is 1. The van der Waals surface area contributed by atoms with Crippen LogP contribution >= 0.6 is 0 Å². The molecule has 0 bridgehead atoms. The molecule has 1 aliphatic carbocycles. The van der Waals surface area contributed by atoms with Crippen molar-refractivity contribution < 1.29 is 0 Å². The molecule has 0 aliphatic heterocycles. The fourth-order valence-corrected chi connectivity index (χ4v) is 3.17. The molecular weight excluding hydrogens is 206 g/mol. The van der Waals surface area contributed by atoms with E-state index >= 15 is 0 Å². The van der Waals surface area contributed by atoms with E-state index in [0.29, 0.717) is 6.04 Å². The minimum Gasteiger partial charge on any atom is -0.327 e. The first-order valence-electron chi connectivity index (χ1n) is 6.98. The topological polar surface area (TPSA) is 26.0 Å². The van der Waals surface area contributed by atoms with Crippen LogP contribution in [-0.4, -0.2) is 6.04 Å². The Morgan fingerprint density at radius 3 is 2.29 bits per heavy atom. The molecular formula is C16H25N. The van der Waals surface area contributed by atoms with Gasteiger partial charge in [-0.15, -0.1) is 0 Å². The van der Waals surface area contributed by atoms with Crippen molar-refractivity contribution in [2.45, 2.75) is 58.4 Å². The smallest absolute Gasteiger partial charge is 0.00703 e. The van der Waals surface area contributed by atoms with Gasteiger partial charge in [0.15, 0.2) is 0 Å². The van der Waals surface area contributed by atoms with Crippen molar-refractivity contribution in [3.05, 3.63) is 34.9 Å². The van der Waals surface area contributed by atoms with E-state index in [9.17, 15) is 0 Å². The molecule has 1 aliphatic rings. The van der Waals surface area contributed by atoms with Crippen molar-refractivity contribution in [2.24, 2.45) is 11.7 Å². The molecule has 1 heteroatoms. The Morgan fingerprint density at radius 1 is 1.12 bits per heavy atom. The van der Waals surface area contributed by atoms with Gasteiger partial charge in [-0.3, -0.25) is 0 Å². The zero-order valence-corrected chi connectivity index (χ0v) is 11.2. The second-order valence-corrected chi connectivity index (χ2v) is 5.74. The summed E-state index contributed by atoms with van der Waals surface area (Å²) in [5.74, 6) is 0.793. The van der Waals surface area contributed by atoms with E-state index in [1.807, 2.05) is 0 Å². The van der Waals surface area contributed by atoms with E-state index in [-0.39, 0.29) is 0 Å². The highest BCUT2D eigenvalue weighted by molar-refractivity contribution is 5.28. The maximum Gasteiger partial charge on any atom is 0.00703 e. The van der Waals surface area contributed by atoms with Gasteiger partial charge in [0.1, 0.15) is 0 Å². The zero-order chi connectivity index (χ0) is 12.3. The SMILES string of the molecule is Cc1cc(C)cc(CCC(N)C2CCCC2)c1. The van der Waals surface area contributed by atoms with E-state index in [1.165, 1.54) is 42.4 Å². The number of aryl methyl sites for hydroxylation is 3. The van der Waals surface area contributed by atoms with E-state index < -0.39 is 0 Å². The molecule has 2 rings (SSSR count). The van der Waals surface area contributed by atoms with E-state index in [0.717, 1.165) is 18.8 Å². The van der Waals surface area contributed by atoms with Gasteiger partial charge in [-0.25, -0.2) is 0 Å². The largest absolute Gasteiger partial charge is 0.327 e. The Bertz CT molecular complexity index is 344. The quantitative estimate of drug-likeness (QED) is 0.839. The lowest BCUT2D eigenvalue weighted by molar-refractivity contribution is 0.410. The molecule has 0 spiro atoms. The van der Waals surface area contributed by atoms with Gasteiger partial charge in [-0.05, 0) is 51.0 Å². The monoisotopic (exact) mass is 231 g/mol. The minimum absolute atomic E-state index is 0.415. The summed E-state index contributed by atoms with van der Waals surface area (Å²) in [6.45, 7) is 4.35. The average Bonchev–Trinajstić information content (AvgIpc) is 2.78. The molecule has 0 amide bonds. The van der Waals surface area contributed by atoms with Crippen LogP contribution in [0.4, 0.5) is 0 Å². The molecule has 2 N–H and O–H groups in total. The third-order valence-corrected chi connectivity index (χ3v) is 4.05. The summed E-state index contributed by atoms with van der Waals surface area (Å²) in [5, 5.41) is 0. The molecule has 1 atom stereocenters. The van der Waals surface area contributed by atoms with Crippen molar-refractivity contribution in [1.29, 1.82) is 0 Å². The fourth-order valence-electron chi connectivity index (χ4n) is 3.17. The summed E-state index contributed by atoms with van der Waals surface area (Å²) in [4.78, 5) is 0. The number of rotatable bonds is 4. The van der Waals surface area contributed by atoms with Crippen LogP contribution in [0.1, 0.15) is 48.8 Å². The van der Waals surface area contributed by atoms with Crippen molar-refractivity contribution in [2.75, 3.05) is 0 Å². The van der Waals surface area contributed by atoms with Gasteiger partial charge in [0.05, 0.1) is 0 Å². The van der Waals surface area contributed by atoms with Crippen molar-refractivity contribution in [3.8, 4) is 0 Å². The maximum atomic E-state index is 6.30. The molecule has 1 nitrogen and oxygen atoms in total. The number of nitrogens with two attached hydrogens (primary N) is 1. The third kappa shape index (κ3) is 3.57. The molecule has 0 radical (unpaired) electrons. The van der Waals surface area contributed by atoms with Gasteiger partial charge in [0.25, 0.3) is 0 Å². The summed E-state index contributed by atoms with van der Waals surface area (Å²) in [6, 6.07) is 7.25. The molecule has 0 saturated heterocycles. The van der Waals surface area contributed by atoms with E-state index in [2.05, 4.69) is 32.0 Å². The summed E-state index contributed by atoms with van der Waals surface area (Å²) >= 11 is 0. The van der Waals surface area contributed by atoms with Gasteiger partial charge in [0, 0.05) is 6.04 Å². The molecule has 0 aromatic heterocycles.